The van der Waals surface area contributed by atoms with Crippen LogP contribution in [0.3, 0.4) is 0 Å². The quantitative estimate of drug-likeness (QED) is 0.846. The molecular formula is C19H30N2O2. The van der Waals surface area contributed by atoms with Crippen LogP contribution in [0.1, 0.15) is 59.4 Å². The van der Waals surface area contributed by atoms with Crippen molar-refractivity contribution in [1.29, 1.82) is 0 Å². The van der Waals surface area contributed by atoms with Crippen LogP contribution in [-0.4, -0.2) is 17.7 Å². The van der Waals surface area contributed by atoms with E-state index in [9.17, 15) is 4.79 Å². The van der Waals surface area contributed by atoms with E-state index in [2.05, 4.69) is 24.5 Å². The van der Waals surface area contributed by atoms with Gasteiger partial charge in [-0.05, 0) is 56.7 Å². The van der Waals surface area contributed by atoms with E-state index in [1.807, 2.05) is 45.0 Å². The summed E-state index contributed by atoms with van der Waals surface area (Å²) < 4.78 is 5.25. The van der Waals surface area contributed by atoms with Gasteiger partial charge in [0.2, 0.25) is 0 Å². The Morgan fingerprint density at radius 1 is 1.26 bits per heavy atom. The average molecular weight is 318 g/mol. The van der Waals surface area contributed by atoms with Crippen LogP contribution in [0.15, 0.2) is 24.3 Å². The Balaban J connectivity index is 1.84. The normalized spacial score (nSPS) is 20.3. The van der Waals surface area contributed by atoms with Gasteiger partial charge in [-0.1, -0.05) is 32.4 Å². The standard InChI is InChI=1S/C19H30N2O2/c1-18(2,3)23-17(22)21-15-10-8-14(9-11-15)13-20-16-7-6-12-19(16,4)5/h8-11,16,20H,6-7,12-13H2,1-5H3,(H,21,22). The monoisotopic (exact) mass is 318 g/mol. The zero-order valence-electron chi connectivity index (χ0n) is 15.0. The number of hydrogen-bond donors (Lipinski definition) is 2. The third kappa shape index (κ3) is 5.54. The number of hydrogen-bond acceptors (Lipinski definition) is 3. The minimum absolute atomic E-state index is 0.387. The maximum atomic E-state index is 11.7. The summed E-state index contributed by atoms with van der Waals surface area (Å²) in [6.07, 6.45) is 3.44. The molecule has 1 aliphatic carbocycles. The van der Waals surface area contributed by atoms with E-state index < -0.39 is 11.7 Å². The largest absolute Gasteiger partial charge is 0.444 e. The first-order valence-corrected chi connectivity index (χ1v) is 8.48. The van der Waals surface area contributed by atoms with Gasteiger partial charge in [-0.25, -0.2) is 4.79 Å². The lowest BCUT2D eigenvalue weighted by molar-refractivity contribution is 0.0636. The highest BCUT2D eigenvalue weighted by Gasteiger charge is 2.33. The molecular weight excluding hydrogens is 288 g/mol. The molecule has 4 nitrogen and oxygen atoms in total. The Morgan fingerprint density at radius 3 is 2.43 bits per heavy atom. The molecule has 0 aliphatic heterocycles. The minimum atomic E-state index is -0.484. The SMILES string of the molecule is CC(C)(C)OC(=O)Nc1ccc(CNC2CCCC2(C)C)cc1. The van der Waals surface area contributed by atoms with Crippen molar-refractivity contribution in [3.8, 4) is 0 Å². The second kappa shape index (κ2) is 6.91. The molecule has 1 aliphatic rings. The number of carbonyl (C=O) groups is 1. The smallest absolute Gasteiger partial charge is 0.412 e. The Labute approximate surface area is 140 Å². The van der Waals surface area contributed by atoms with E-state index in [4.69, 9.17) is 4.74 Å². The summed E-state index contributed by atoms with van der Waals surface area (Å²) in [6, 6.07) is 8.51. The van der Waals surface area contributed by atoms with Gasteiger partial charge in [-0.3, -0.25) is 5.32 Å². The Hall–Kier alpha value is -1.55. The average Bonchev–Trinajstić information content (AvgIpc) is 2.75. The van der Waals surface area contributed by atoms with Crippen molar-refractivity contribution >= 4 is 11.8 Å². The highest BCUT2D eigenvalue weighted by Crippen LogP contribution is 2.37. The maximum absolute atomic E-state index is 11.7. The fraction of sp³-hybridized carbons (Fsp3) is 0.632. The van der Waals surface area contributed by atoms with Crippen molar-refractivity contribution < 1.29 is 9.53 Å². The van der Waals surface area contributed by atoms with E-state index in [-0.39, 0.29) is 0 Å². The highest BCUT2D eigenvalue weighted by atomic mass is 16.6. The minimum Gasteiger partial charge on any atom is -0.444 e. The number of anilines is 1. The second-order valence-electron chi connectivity index (χ2n) is 8.14. The fourth-order valence-corrected chi connectivity index (χ4v) is 3.07. The molecule has 1 fully saturated rings. The maximum Gasteiger partial charge on any atom is 0.412 e. The summed E-state index contributed by atoms with van der Waals surface area (Å²) in [5.41, 5.74) is 1.88. The Morgan fingerprint density at radius 2 is 1.91 bits per heavy atom. The van der Waals surface area contributed by atoms with Gasteiger partial charge in [-0.2, -0.15) is 0 Å². The predicted molar refractivity (Wildman–Crippen MR) is 94.6 cm³/mol. The fourth-order valence-electron chi connectivity index (χ4n) is 3.07. The van der Waals surface area contributed by atoms with Crippen LogP contribution in [0, 0.1) is 5.41 Å². The van der Waals surface area contributed by atoms with Crippen molar-refractivity contribution in [3.63, 3.8) is 0 Å². The zero-order chi connectivity index (χ0) is 17.1. The summed E-state index contributed by atoms with van der Waals surface area (Å²) in [5.74, 6) is 0. The molecule has 0 radical (unpaired) electrons. The summed E-state index contributed by atoms with van der Waals surface area (Å²) in [4.78, 5) is 11.7. The molecule has 0 saturated heterocycles. The first kappa shape index (κ1) is 17.8. The molecule has 0 bridgehead atoms. The van der Waals surface area contributed by atoms with Crippen LogP contribution in [0.2, 0.25) is 0 Å². The summed E-state index contributed by atoms with van der Waals surface area (Å²) >= 11 is 0. The number of carbonyl (C=O) groups excluding carboxylic acids is 1. The van der Waals surface area contributed by atoms with E-state index in [1.54, 1.807) is 0 Å². The molecule has 1 saturated carbocycles. The second-order valence-corrected chi connectivity index (χ2v) is 8.14. The molecule has 128 valence electrons. The molecule has 1 aromatic carbocycles. The first-order valence-electron chi connectivity index (χ1n) is 8.48. The molecule has 1 amide bonds. The third-order valence-electron chi connectivity index (χ3n) is 4.41. The predicted octanol–water partition coefficient (Wildman–Crippen LogP) is 4.70. The molecule has 0 heterocycles. The van der Waals surface area contributed by atoms with Gasteiger partial charge >= 0.3 is 6.09 Å². The number of ether oxygens (including phenoxy) is 1. The van der Waals surface area contributed by atoms with E-state index >= 15 is 0 Å². The number of rotatable bonds is 4. The number of benzene rings is 1. The van der Waals surface area contributed by atoms with E-state index in [0.29, 0.717) is 11.5 Å². The van der Waals surface area contributed by atoms with Crippen LogP contribution in [0.25, 0.3) is 0 Å². The zero-order valence-corrected chi connectivity index (χ0v) is 15.0. The van der Waals surface area contributed by atoms with Crippen LogP contribution in [0.5, 0.6) is 0 Å². The highest BCUT2D eigenvalue weighted by molar-refractivity contribution is 5.84. The Kier molecular flexibility index (Phi) is 5.35. The van der Waals surface area contributed by atoms with Crippen molar-refractivity contribution in [2.24, 2.45) is 5.41 Å². The van der Waals surface area contributed by atoms with Crippen molar-refractivity contribution in [2.45, 2.75) is 72.1 Å². The molecule has 1 unspecified atom stereocenters. The lowest BCUT2D eigenvalue weighted by Gasteiger charge is -2.28. The van der Waals surface area contributed by atoms with Gasteiger partial charge in [-0.15, -0.1) is 0 Å². The molecule has 0 aromatic heterocycles. The molecule has 23 heavy (non-hydrogen) atoms. The molecule has 0 spiro atoms. The van der Waals surface area contributed by atoms with Crippen LogP contribution in [0.4, 0.5) is 10.5 Å². The van der Waals surface area contributed by atoms with Crippen LogP contribution in [-0.2, 0) is 11.3 Å². The molecule has 1 atom stereocenters. The number of nitrogens with one attached hydrogen (secondary N) is 2. The molecule has 4 heteroatoms. The molecule has 1 aromatic rings. The summed E-state index contributed by atoms with van der Waals surface area (Å²) in [7, 11) is 0. The summed E-state index contributed by atoms with van der Waals surface area (Å²) in [6.45, 7) is 11.1. The lowest BCUT2D eigenvalue weighted by Crippen LogP contribution is -2.37. The molecule has 2 rings (SSSR count). The topological polar surface area (TPSA) is 50.4 Å². The van der Waals surface area contributed by atoms with E-state index in [0.717, 1.165) is 12.2 Å². The third-order valence-corrected chi connectivity index (χ3v) is 4.41. The van der Waals surface area contributed by atoms with Gasteiger partial charge in [0.25, 0.3) is 0 Å². The van der Waals surface area contributed by atoms with Gasteiger partial charge in [0, 0.05) is 18.3 Å². The lowest BCUT2D eigenvalue weighted by atomic mass is 9.87. The van der Waals surface area contributed by atoms with Crippen LogP contribution < -0.4 is 10.6 Å². The first-order chi connectivity index (χ1) is 10.7. The van der Waals surface area contributed by atoms with Gasteiger partial charge in [0.15, 0.2) is 0 Å². The Bertz CT molecular complexity index is 529. The van der Waals surface area contributed by atoms with Gasteiger partial charge < -0.3 is 10.1 Å². The van der Waals surface area contributed by atoms with Crippen molar-refractivity contribution in [1.82, 2.24) is 5.32 Å². The van der Waals surface area contributed by atoms with Gasteiger partial charge in [0.1, 0.15) is 5.60 Å². The van der Waals surface area contributed by atoms with Crippen molar-refractivity contribution in [2.75, 3.05) is 5.32 Å². The van der Waals surface area contributed by atoms with Crippen molar-refractivity contribution in [3.05, 3.63) is 29.8 Å². The summed E-state index contributed by atoms with van der Waals surface area (Å²) in [5, 5.41) is 6.42. The number of amides is 1. The van der Waals surface area contributed by atoms with Crippen LogP contribution >= 0.6 is 0 Å². The van der Waals surface area contributed by atoms with Gasteiger partial charge in [0.05, 0.1) is 0 Å². The molecule has 2 N–H and O–H groups in total. The van der Waals surface area contributed by atoms with E-state index in [1.165, 1.54) is 24.8 Å².